The summed E-state index contributed by atoms with van der Waals surface area (Å²) in [5.74, 6) is -1.58. The number of hydrogen-bond donors (Lipinski definition) is 1. The Morgan fingerprint density at radius 2 is 1.97 bits per heavy atom. The number of aliphatic hydroxyl groups excluding tert-OH is 1. The SMILES string of the molecule is C=CCCCOC(=O)[C@H]1[C@H]2C(=O)N(CCCCO)C(C(=O)N(CC=C)CCCCC)C23CC[C@]1(C)S3. The third kappa shape index (κ3) is 5.40. The molecular formula is C28H44N2O5S. The van der Waals surface area contributed by atoms with Crippen LogP contribution in [0.3, 0.4) is 0 Å². The fourth-order valence-electron chi connectivity index (χ4n) is 6.36. The molecule has 3 heterocycles. The van der Waals surface area contributed by atoms with E-state index < -0.39 is 27.4 Å². The van der Waals surface area contributed by atoms with Crippen LogP contribution in [-0.2, 0) is 19.1 Å². The fourth-order valence-corrected chi connectivity index (χ4v) is 8.70. The number of aliphatic hydroxyl groups is 1. The number of allylic oxidation sites excluding steroid dienone is 1. The van der Waals surface area contributed by atoms with E-state index in [9.17, 15) is 19.5 Å². The summed E-state index contributed by atoms with van der Waals surface area (Å²) >= 11 is 1.68. The van der Waals surface area contributed by atoms with Gasteiger partial charge in [0.2, 0.25) is 11.8 Å². The van der Waals surface area contributed by atoms with Crippen molar-refractivity contribution < 1.29 is 24.2 Å². The smallest absolute Gasteiger partial charge is 0.311 e. The van der Waals surface area contributed by atoms with Gasteiger partial charge in [0.1, 0.15) is 6.04 Å². The minimum atomic E-state index is -0.628. The highest BCUT2D eigenvalue weighted by Gasteiger charge is 2.77. The lowest BCUT2D eigenvalue weighted by molar-refractivity contribution is -0.155. The number of carbonyl (C=O) groups is 3. The zero-order chi connectivity index (χ0) is 26.3. The summed E-state index contributed by atoms with van der Waals surface area (Å²) in [6.45, 7) is 13.6. The molecule has 202 valence electrons. The second-order valence-electron chi connectivity index (χ2n) is 10.6. The van der Waals surface area contributed by atoms with Crippen molar-refractivity contribution in [2.45, 2.75) is 87.2 Å². The van der Waals surface area contributed by atoms with Crippen LogP contribution in [0.25, 0.3) is 0 Å². The van der Waals surface area contributed by atoms with Crippen molar-refractivity contribution in [3.05, 3.63) is 25.3 Å². The number of carbonyl (C=O) groups excluding carboxylic acids is 3. The lowest BCUT2D eigenvalue weighted by Gasteiger charge is -2.37. The molecule has 7 nitrogen and oxygen atoms in total. The monoisotopic (exact) mass is 520 g/mol. The molecule has 0 saturated carbocycles. The van der Waals surface area contributed by atoms with Crippen LogP contribution in [0.15, 0.2) is 25.3 Å². The van der Waals surface area contributed by atoms with Crippen molar-refractivity contribution in [3.8, 4) is 0 Å². The van der Waals surface area contributed by atoms with Crippen LogP contribution in [0.5, 0.6) is 0 Å². The van der Waals surface area contributed by atoms with Crippen molar-refractivity contribution in [2.24, 2.45) is 11.8 Å². The van der Waals surface area contributed by atoms with Gasteiger partial charge in [-0.25, -0.2) is 0 Å². The normalized spacial score (nSPS) is 30.4. The molecule has 0 aromatic carbocycles. The zero-order valence-corrected chi connectivity index (χ0v) is 22.9. The highest BCUT2D eigenvalue weighted by molar-refractivity contribution is 8.02. The molecule has 5 atom stereocenters. The lowest BCUT2D eigenvalue weighted by Crippen LogP contribution is -2.55. The number of hydrogen-bond acceptors (Lipinski definition) is 6. The molecule has 2 unspecified atom stereocenters. The van der Waals surface area contributed by atoms with E-state index in [2.05, 4.69) is 27.0 Å². The zero-order valence-electron chi connectivity index (χ0n) is 22.1. The molecule has 3 fully saturated rings. The standard InChI is InChI=1S/C28H44N2O5S/c1-5-8-10-17-29(16-7-3)25(33)23-28-15-14-27(4,36-28)22(26(34)35-20-13-9-6-2)21(28)24(32)30(23)18-11-12-19-31/h6-7,21-23,31H,2-3,5,8-20H2,1,4H3/t21-,22+,23?,27-,28?/m0/s1. The number of likely N-dealkylation sites (tertiary alicyclic amines) is 1. The van der Waals surface area contributed by atoms with Crippen LogP contribution < -0.4 is 0 Å². The van der Waals surface area contributed by atoms with Gasteiger partial charge in [-0.1, -0.05) is 31.9 Å². The second kappa shape index (κ2) is 12.6. The molecule has 0 aliphatic carbocycles. The van der Waals surface area contributed by atoms with Crippen LogP contribution in [0.2, 0.25) is 0 Å². The number of rotatable bonds is 16. The molecule has 1 spiro atoms. The summed E-state index contributed by atoms with van der Waals surface area (Å²) in [5, 5.41) is 9.33. The molecular weight excluding hydrogens is 476 g/mol. The molecule has 3 saturated heterocycles. The summed E-state index contributed by atoms with van der Waals surface area (Å²) in [6, 6.07) is -0.610. The van der Waals surface area contributed by atoms with E-state index in [-0.39, 0.29) is 24.4 Å². The topological polar surface area (TPSA) is 87.1 Å². The molecule has 2 amide bonds. The van der Waals surface area contributed by atoms with Gasteiger partial charge >= 0.3 is 5.97 Å². The molecule has 3 aliphatic rings. The molecule has 36 heavy (non-hydrogen) atoms. The maximum absolute atomic E-state index is 14.2. The lowest BCUT2D eigenvalue weighted by atomic mass is 9.66. The molecule has 2 bridgehead atoms. The average Bonchev–Trinajstić information content (AvgIpc) is 3.42. The predicted molar refractivity (Wildman–Crippen MR) is 143 cm³/mol. The van der Waals surface area contributed by atoms with Crippen molar-refractivity contribution in [1.29, 1.82) is 0 Å². The Morgan fingerprint density at radius 3 is 2.64 bits per heavy atom. The van der Waals surface area contributed by atoms with Gasteiger partial charge in [-0.05, 0) is 51.9 Å². The Hall–Kier alpha value is -1.80. The van der Waals surface area contributed by atoms with E-state index in [4.69, 9.17) is 4.74 Å². The fraction of sp³-hybridized carbons (Fsp3) is 0.750. The number of esters is 1. The molecule has 0 aromatic heterocycles. The van der Waals surface area contributed by atoms with E-state index in [1.165, 1.54) is 0 Å². The summed E-state index contributed by atoms with van der Waals surface area (Å²) in [6.07, 6.45) is 10.7. The molecule has 8 heteroatoms. The van der Waals surface area contributed by atoms with E-state index in [1.807, 2.05) is 4.90 Å². The molecule has 0 radical (unpaired) electrons. The van der Waals surface area contributed by atoms with E-state index >= 15 is 0 Å². The van der Waals surface area contributed by atoms with Gasteiger partial charge < -0.3 is 19.6 Å². The Labute approximate surface area is 220 Å². The minimum absolute atomic E-state index is 0.0393. The molecule has 3 aliphatic heterocycles. The Balaban J connectivity index is 1.93. The summed E-state index contributed by atoms with van der Waals surface area (Å²) in [5.41, 5.74) is 0. The third-order valence-electron chi connectivity index (χ3n) is 8.06. The summed E-state index contributed by atoms with van der Waals surface area (Å²) < 4.78 is 4.62. The first-order valence-corrected chi connectivity index (χ1v) is 14.4. The van der Waals surface area contributed by atoms with Crippen molar-refractivity contribution in [1.82, 2.24) is 9.80 Å². The van der Waals surface area contributed by atoms with Gasteiger partial charge in [-0.2, -0.15) is 0 Å². The van der Waals surface area contributed by atoms with Crippen molar-refractivity contribution in [3.63, 3.8) is 0 Å². The first-order chi connectivity index (χ1) is 17.3. The number of nitrogens with zero attached hydrogens (tertiary/aromatic N) is 2. The number of amides is 2. The Morgan fingerprint density at radius 1 is 1.19 bits per heavy atom. The van der Waals surface area contributed by atoms with Crippen LogP contribution in [0.1, 0.15) is 71.6 Å². The highest BCUT2D eigenvalue weighted by atomic mass is 32.2. The van der Waals surface area contributed by atoms with E-state index in [1.54, 1.807) is 28.8 Å². The quantitative estimate of drug-likeness (QED) is 0.188. The largest absolute Gasteiger partial charge is 0.465 e. The number of thioether (sulfide) groups is 1. The van der Waals surface area contributed by atoms with Crippen LogP contribution in [-0.4, -0.2) is 81.1 Å². The number of ether oxygens (including phenoxy) is 1. The number of unbranched alkanes of at least 4 members (excludes halogenated alkanes) is 4. The summed E-state index contributed by atoms with van der Waals surface area (Å²) in [4.78, 5) is 45.1. The van der Waals surface area contributed by atoms with Gasteiger partial charge in [-0.3, -0.25) is 14.4 Å². The molecule has 3 rings (SSSR count). The van der Waals surface area contributed by atoms with Crippen LogP contribution >= 0.6 is 11.8 Å². The molecule has 1 N–H and O–H groups in total. The molecule has 0 aromatic rings. The summed E-state index contributed by atoms with van der Waals surface area (Å²) in [7, 11) is 0. The average molecular weight is 521 g/mol. The number of fused-ring (bicyclic) bond motifs is 1. The van der Waals surface area contributed by atoms with Crippen LogP contribution in [0.4, 0.5) is 0 Å². The predicted octanol–water partition coefficient (Wildman–Crippen LogP) is 3.95. The van der Waals surface area contributed by atoms with Crippen LogP contribution in [0, 0.1) is 11.8 Å². The highest BCUT2D eigenvalue weighted by Crippen LogP contribution is 2.71. The third-order valence-corrected chi connectivity index (χ3v) is 10.0. The van der Waals surface area contributed by atoms with Gasteiger partial charge in [0.15, 0.2) is 0 Å². The van der Waals surface area contributed by atoms with Gasteiger partial charge in [0.05, 0.1) is 23.2 Å². The second-order valence-corrected chi connectivity index (χ2v) is 12.5. The first-order valence-electron chi connectivity index (χ1n) is 13.6. The van der Waals surface area contributed by atoms with E-state index in [0.717, 1.165) is 38.5 Å². The van der Waals surface area contributed by atoms with Crippen molar-refractivity contribution >= 4 is 29.5 Å². The Kier molecular flexibility index (Phi) is 10.1. The first kappa shape index (κ1) is 28.8. The minimum Gasteiger partial charge on any atom is -0.465 e. The van der Waals surface area contributed by atoms with Crippen molar-refractivity contribution in [2.75, 3.05) is 32.8 Å². The van der Waals surface area contributed by atoms with Gasteiger partial charge in [0, 0.05) is 31.0 Å². The maximum atomic E-state index is 14.2. The van der Waals surface area contributed by atoms with E-state index in [0.29, 0.717) is 45.5 Å². The maximum Gasteiger partial charge on any atom is 0.311 e. The van der Waals surface area contributed by atoms with Gasteiger partial charge in [0.25, 0.3) is 0 Å². The van der Waals surface area contributed by atoms with Gasteiger partial charge in [-0.15, -0.1) is 24.9 Å². The Bertz CT molecular complexity index is 835.